The van der Waals surface area contributed by atoms with E-state index in [4.69, 9.17) is 0 Å². The quantitative estimate of drug-likeness (QED) is 0.708. The largest absolute Gasteiger partial charge is 0.338 e. The number of hydrogen-bond donors (Lipinski definition) is 0. The summed E-state index contributed by atoms with van der Waals surface area (Å²) in [5.41, 5.74) is 1.98. The van der Waals surface area contributed by atoms with Gasteiger partial charge < -0.3 is 4.90 Å². The molecule has 1 amide bonds. The van der Waals surface area contributed by atoms with Gasteiger partial charge in [-0.15, -0.1) is 0 Å². The number of amides is 1. The Morgan fingerprint density at radius 3 is 2.94 bits per heavy atom. The van der Waals surface area contributed by atoms with Gasteiger partial charge in [0.1, 0.15) is 0 Å². The molecule has 1 aromatic carbocycles. The summed E-state index contributed by atoms with van der Waals surface area (Å²) in [5, 5.41) is 0. The first kappa shape index (κ1) is 11.2. The van der Waals surface area contributed by atoms with Crippen molar-refractivity contribution in [3.63, 3.8) is 0 Å². The fraction of sp³-hybridized carbons (Fsp3) is 0.500. The highest BCUT2D eigenvalue weighted by Crippen LogP contribution is 2.18. The molecule has 1 unspecified atom stereocenters. The number of nitrogens with zero attached hydrogens (tertiary/aromatic N) is 1. The highest BCUT2D eigenvalue weighted by molar-refractivity contribution is 5.94. The van der Waals surface area contributed by atoms with Gasteiger partial charge in [0.05, 0.1) is 0 Å². The Morgan fingerprint density at radius 2 is 2.25 bits per heavy atom. The van der Waals surface area contributed by atoms with E-state index in [0.717, 1.165) is 30.6 Å². The molecule has 86 valence electrons. The van der Waals surface area contributed by atoms with Crippen molar-refractivity contribution in [3.05, 3.63) is 35.4 Å². The molecular weight excluding hydrogens is 198 g/mol. The summed E-state index contributed by atoms with van der Waals surface area (Å²) < 4.78 is 0. The van der Waals surface area contributed by atoms with Crippen molar-refractivity contribution >= 4 is 5.91 Å². The number of piperidine rings is 1. The predicted molar refractivity (Wildman–Crippen MR) is 65.5 cm³/mol. The number of aryl methyl sites for hydroxylation is 1. The first-order chi connectivity index (χ1) is 7.66. The molecule has 1 heterocycles. The smallest absolute Gasteiger partial charge is 0.253 e. The molecule has 2 rings (SSSR count). The van der Waals surface area contributed by atoms with Crippen molar-refractivity contribution in [1.82, 2.24) is 4.90 Å². The zero-order valence-corrected chi connectivity index (χ0v) is 10.1. The Kier molecular flexibility index (Phi) is 3.28. The second-order valence-corrected chi connectivity index (χ2v) is 4.87. The van der Waals surface area contributed by atoms with Crippen molar-refractivity contribution < 1.29 is 4.79 Å². The lowest BCUT2D eigenvalue weighted by molar-refractivity contribution is 0.0683. The highest BCUT2D eigenvalue weighted by atomic mass is 16.2. The van der Waals surface area contributed by atoms with Gasteiger partial charge in [0.15, 0.2) is 0 Å². The van der Waals surface area contributed by atoms with Gasteiger partial charge in [0.25, 0.3) is 5.91 Å². The van der Waals surface area contributed by atoms with Crippen LogP contribution in [0.1, 0.15) is 35.7 Å². The molecule has 2 heteroatoms. The Morgan fingerprint density at radius 1 is 1.44 bits per heavy atom. The summed E-state index contributed by atoms with van der Waals surface area (Å²) in [5.74, 6) is 0.831. The lowest BCUT2D eigenvalue weighted by atomic mass is 9.99. The van der Waals surface area contributed by atoms with Crippen LogP contribution >= 0.6 is 0 Å². The number of hydrogen-bond acceptors (Lipinski definition) is 1. The average Bonchev–Trinajstić information content (AvgIpc) is 2.28. The van der Waals surface area contributed by atoms with Crippen LogP contribution in [0.3, 0.4) is 0 Å². The number of carbonyl (C=O) groups excluding carboxylic acids is 1. The molecular formula is C14H19NO. The zero-order chi connectivity index (χ0) is 11.5. The van der Waals surface area contributed by atoms with Crippen molar-refractivity contribution in [2.75, 3.05) is 13.1 Å². The molecule has 1 saturated heterocycles. The molecule has 1 aliphatic rings. The first-order valence-corrected chi connectivity index (χ1v) is 6.03. The van der Waals surface area contributed by atoms with Crippen LogP contribution in [0.5, 0.6) is 0 Å². The van der Waals surface area contributed by atoms with E-state index in [9.17, 15) is 4.79 Å². The van der Waals surface area contributed by atoms with Gasteiger partial charge in [-0.05, 0) is 37.8 Å². The first-order valence-electron chi connectivity index (χ1n) is 6.03. The monoisotopic (exact) mass is 217 g/mol. The minimum atomic E-state index is 0.190. The number of rotatable bonds is 1. The van der Waals surface area contributed by atoms with Crippen molar-refractivity contribution in [2.24, 2.45) is 5.92 Å². The summed E-state index contributed by atoms with van der Waals surface area (Å²) in [4.78, 5) is 14.2. The van der Waals surface area contributed by atoms with Gasteiger partial charge in [0.2, 0.25) is 0 Å². The van der Waals surface area contributed by atoms with E-state index in [1.807, 2.05) is 36.1 Å². The molecule has 0 radical (unpaired) electrons. The highest BCUT2D eigenvalue weighted by Gasteiger charge is 2.21. The molecule has 0 bridgehead atoms. The molecule has 1 aliphatic heterocycles. The number of benzene rings is 1. The predicted octanol–water partition coefficient (Wildman–Crippen LogP) is 2.87. The summed E-state index contributed by atoms with van der Waals surface area (Å²) in [6, 6.07) is 7.86. The van der Waals surface area contributed by atoms with E-state index in [-0.39, 0.29) is 5.91 Å². The third kappa shape index (κ3) is 2.43. The minimum absolute atomic E-state index is 0.190. The molecule has 1 atom stereocenters. The van der Waals surface area contributed by atoms with E-state index in [0.29, 0.717) is 5.92 Å². The van der Waals surface area contributed by atoms with Crippen LogP contribution in [-0.4, -0.2) is 23.9 Å². The van der Waals surface area contributed by atoms with E-state index in [1.165, 1.54) is 6.42 Å². The van der Waals surface area contributed by atoms with Crippen molar-refractivity contribution in [2.45, 2.75) is 26.7 Å². The third-order valence-corrected chi connectivity index (χ3v) is 3.21. The Balaban J connectivity index is 2.12. The van der Waals surface area contributed by atoms with Crippen LogP contribution in [-0.2, 0) is 0 Å². The van der Waals surface area contributed by atoms with Gasteiger partial charge >= 0.3 is 0 Å². The number of likely N-dealkylation sites (tertiary alicyclic amines) is 1. The second-order valence-electron chi connectivity index (χ2n) is 4.87. The van der Waals surface area contributed by atoms with E-state index < -0.39 is 0 Å². The lowest BCUT2D eigenvalue weighted by Crippen LogP contribution is -2.39. The molecule has 2 nitrogen and oxygen atoms in total. The molecule has 16 heavy (non-hydrogen) atoms. The maximum Gasteiger partial charge on any atom is 0.253 e. The van der Waals surface area contributed by atoms with E-state index >= 15 is 0 Å². The number of carbonyl (C=O) groups is 1. The molecule has 0 aromatic heterocycles. The summed E-state index contributed by atoms with van der Waals surface area (Å²) in [7, 11) is 0. The van der Waals surface area contributed by atoms with E-state index in [2.05, 4.69) is 6.92 Å². The maximum absolute atomic E-state index is 12.2. The molecule has 0 N–H and O–H groups in total. The van der Waals surface area contributed by atoms with Gasteiger partial charge in [-0.2, -0.15) is 0 Å². The Bertz CT molecular complexity index is 386. The SMILES string of the molecule is Cc1cccc(C(=O)N2CCCC(C)C2)c1. The molecule has 0 aliphatic carbocycles. The molecule has 1 aromatic rings. The van der Waals surface area contributed by atoms with Gasteiger partial charge in [-0.3, -0.25) is 4.79 Å². The van der Waals surface area contributed by atoms with Crippen LogP contribution in [0.25, 0.3) is 0 Å². The second kappa shape index (κ2) is 4.69. The average molecular weight is 217 g/mol. The van der Waals surface area contributed by atoms with Crippen molar-refractivity contribution in [3.8, 4) is 0 Å². The molecule has 0 saturated carbocycles. The van der Waals surface area contributed by atoms with Crippen LogP contribution in [0.15, 0.2) is 24.3 Å². The van der Waals surface area contributed by atoms with E-state index in [1.54, 1.807) is 0 Å². The van der Waals surface area contributed by atoms with Crippen LogP contribution in [0.4, 0.5) is 0 Å². The standard InChI is InChI=1S/C14H19NO/c1-11-5-3-7-13(9-11)14(16)15-8-4-6-12(2)10-15/h3,5,7,9,12H,4,6,8,10H2,1-2H3. The summed E-state index contributed by atoms with van der Waals surface area (Å²) in [6.45, 7) is 6.06. The summed E-state index contributed by atoms with van der Waals surface area (Å²) in [6.07, 6.45) is 2.39. The van der Waals surface area contributed by atoms with Crippen LogP contribution in [0.2, 0.25) is 0 Å². The van der Waals surface area contributed by atoms with Crippen LogP contribution in [0, 0.1) is 12.8 Å². The summed E-state index contributed by atoms with van der Waals surface area (Å²) >= 11 is 0. The fourth-order valence-electron chi connectivity index (χ4n) is 2.33. The van der Waals surface area contributed by atoms with Gasteiger partial charge in [-0.1, -0.05) is 24.6 Å². The Hall–Kier alpha value is -1.31. The van der Waals surface area contributed by atoms with Gasteiger partial charge in [-0.25, -0.2) is 0 Å². The lowest BCUT2D eigenvalue weighted by Gasteiger charge is -2.31. The zero-order valence-electron chi connectivity index (χ0n) is 10.1. The Labute approximate surface area is 97.3 Å². The minimum Gasteiger partial charge on any atom is -0.338 e. The fourth-order valence-corrected chi connectivity index (χ4v) is 2.33. The maximum atomic E-state index is 12.2. The molecule has 1 fully saturated rings. The molecule has 0 spiro atoms. The van der Waals surface area contributed by atoms with Gasteiger partial charge in [0, 0.05) is 18.7 Å². The van der Waals surface area contributed by atoms with Crippen molar-refractivity contribution in [1.29, 1.82) is 0 Å². The third-order valence-electron chi connectivity index (χ3n) is 3.21. The topological polar surface area (TPSA) is 20.3 Å². The van der Waals surface area contributed by atoms with Crippen LogP contribution < -0.4 is 0 Å². The normalized spacial score (nSPS) is 20.9.